The van der Waals surface area contributed by atoms with Crippen molar-refractivity contribution in [3.8, 4) is 28.3 Å². The van der Waals surface area contributed by atoms with Crippen LogP contribution in [0.4, 0.5) is 0 Å². The molecule has 0 saturated carbocycles. The standard InChI is InChI=1S/C46H27N3/c47-28-29-17-21-37-38-22-20-31(27-42(38)46(41(37)24-29,34-11-3-1-4-12-34)35-13-5-2-6-14-35)40-26-33-25-32-19-18-30-10-7-8-15-36(30)43(32)49-44(33)45-39(40)16-9-23-48-45/h1-27H. The quantitative estimate of drug-likeness (QED) is 0.146. The van der Waals surface area contributed by atoms with Crippen molar-refractivity contribution in [2.75, 3.05) is 0 Å². The van der Waals surface area contributed by atoms with Gasteiger partial charge in [-0.1, -0.05) is 121 Å². The summed E-state index contributed by atoms with van der Waals surface area (Å²) < 4.78 is 0. The molecule has 0 bridgehead atoms. The third-order valence-corrected chi connectivity index (χ3v) is 10.4. The second-order valence-electron chi connectivity index (χ2n) is 12.9. The molecule has 2 heterocycles. The zero-order chi connectivity index (χ0) is 32.5. The summed E-state index contributed by atoms with van der Waals surface area (Å²) in [5.74, 6) is 0. The number of rotatable bonds is 3. The lowest BCUT2D eigenvalue weighted by Crippen LogP contribution is -2.28. The highest BCUT2D eigenvalue weighted by atomic mass is 14.7. The first-order valence-electron chi connectivity index (χ1n) is 16.5. The van der Waals surface area contributed by atoms with E-state index in [9.17, 15) is 5.26 Å². The molecule has 226 valence electrons. The third kappa shape index (κ3) is 3.89. The van der Waals surface area contributed by atoms with Crippen molar-refractivity contribution in [3.63, 3.8) is 0 Å². The van der Waals surface area contributed by atoms with E-state index in [1.165, 1.54) is 27.6 Å². The van der Waals surface area contributed by atoms with Crippen molar-refractivity contribution >= 4 is 43.5 Å². The van der Waals surface area contributed by atoms with Gasteiger partial charge in [-0.25, -0.2) is 4.98 Å². The topological polar surface area (TPSA) is 49.6 Å². The molecule has 1 aliphatic carbocycles. The third-order valence-electron chi connectivity index (χ3n) is 10.4. The van der Waals surface area contributed by atoms with Gasteiger partial charge < -0.3 is 0 Å². The first-order chi connectivity index (χ1) is 24.2. The summed E-state index contributed by atoms with van der Waals surface area (Å²) >= 11 is 0. The molecular formula is C46H27N3. The van der Waals surface area contributed by atoms with Crippen molar-refractivity contribution < 1.29 is 0 Å². The van der Waals surface area contributed by atoms with E-state index >= 15 is 0 Å². The van der Waals surface area contributed by atoms with E-state index < -0.39 is 5.41 Å². The summed E-state index contributed by atoms with van der Waals surface area (Å²) in [5, 5.41) is 15.6. The van der Waals surface area contributed by atoms with Crippen molar-refractivity contribution in [2.24, 2.45) is 0 Å². The molecule has 0 fully saturated rings. The van der Waals surface area contributed by atoms with E-state index in [0.717, 1.165) is 60.3 Å². The Hall–Kier alpha value is -6.63. The Bertz CT molecular complexity index is 2790. The minimum Gasteiger partial charge on any atom is -0.254 e. The van der Waals surface area contributed by atoms with Crippen molar-refractivity contribution in [1.29, 1.82) is 5.26 Å². The second kappa shape index (κ2) is 10.4. The Balaban J connectivity index is 1.28. The smallest absolute Gasteiger partial charge is 0.0991 e. The molecule has 0 N–H and O–H groups in total. The Labute approximate surface area is 283 Å². The van der Waals surface area contributed by atoms with Gasteiger partial charge in [-0.2, -0.15) is 5.26 Å². The van der Waals surface area contributed by atoms with E-state index in [1.807, 2.05) is 18.3 Å². The van der Waals surface area contributed by atoms with E-state index in [2.05, 4.69) is 152 Å². The molecule has 0 radical (unpaired) electrons. The molecule has 1 aliphatic rings. The normalized spacial score (nSPS) is 13.0. The van der Waals surface area contributed by atoms with Crippen LogP contribution in [0.5, 0.6) is 0 Å². The minimum absolute atomic E-state index is 0.611. The summed E-state index contributed by atoms with van der Waals surface area (Å²) in [6.45, 7) is 0. The average Bonchev–Trinajstić information content (AvgIpc) is 3.47. The van der Waals surface area contributed by atoms with Gasteiger partial charge in [0.2, 0.25) is 0 Å². The maximum atomic E-state index is 10.0. The van der Waals surface area contributed by atoms with Crippen molar-refractivity contribution in [3.05, 3.63) is 192 Å². The Morgan fingerprint density at radius 3 is 1.92 bits per heavy atom. The number of hydrogen-bond acceptors (Lipinski definition) is 3. The van der Waals surface area contributed by atoms with Gasteiger partial charge in [0.1, 0.15) is 0 Å². The van der Waals surface area contributed by atoms with Crippen LogP contribution in [0, 0.1) is 11.3 Å². The molecule has 3 heteroatoms. The van der Waals surface area contributed by atoms with Gasteiger partial charge >= 0.3 is 0 Å². The average molecular weight is 622 g/mol. The first-order valence-corrected chi connectivity index (χ1v) is 16.5. The van der Waals surface area contributed by atoms with Crippen LogP contribution in [-0.2, 0) is 5.41 Å². The Morgan fingerprint density at radius 2 is 1.14 bits per heavy atom. The Morgan fingerprint density at radius 1 is 0.469 bits per heavy atom. The highest BCUT2D eigenvalue weighted by Crippen LogP contribution is 2.57. The van der Waals surface area contributed by atoms with Crippen LogP contribution >= 0.6 is 0 Å². The molecule has 0 unspecified atom stereocenters. The lowest BCUT2D eigenvalue weighted by Gasteiger charge is -2.34. The van der Waals surface area contributed by atoms with Gasteiger partial charge in [0, 0.05) is 27.7 Å². The summed E-state index contributed by atoms with van der Waals surface area (Å²) in [7, 11) is 0. The number of nitrogens with zero attached hydrogens (tertiary/aromatic N) is 3. The molecule has 9 aromatic rings. The largest absolute Gasteiger partial charge is 0.254 e. The van der Waals surface area contributed by atoms with Gasteiger partial charge in [0.15, 0.2) is 0 Å². The SMILES string of the molecule is N#Cc1ccc2c(c1)C(c1ccccc1)(c1ccccc1)c1cc(-c3cc4cc5ccc6ccccc6c5nc4c4ncccc34)ccc1-2. The maximum Gasteiger partial charge on any atom is 0.0991 e. The van der Waals surface area contributed by atoms with Crippen LogP contribution in [0.2, 0.25) is 0 Å². The lowest BCUT2D eigenvalue weighted by molar-refractivity contribution is 0.768. The van der Waals surface area contributed by atoms with Gasteiger partial charge in [0.05, 0.1) is 33.6 Å². The number of hydrogen-bond donors (Lipinski definition) is 0. The van der Waals surface area contributed by atoms with Crippen LogP contribution in [0.15, 0.2) is 164 Å². The molecule has 0 amide bonds. The number of fused-ring (bicyclic) bond motifs is 9. The molecule has 0 aliphatic heterocycles. The van der Waals surface area contributed by atoms with Gasteiger partial charge in [-0.05, 0) is 86.3 Å². The highest BCUT2D eigenvalue weighted by Gasteiger charge is 2.46. The second-order valence-corrected chi connectivity index (χ2v) is 12.9. The van der Waals surface area contributed by atoms with Crippen molar-refractivity contribution in [2.45, 2.75) is 5.41 Å². The minimum atomic E-state index is -0.611. The summed E-state index contributed by atoms with van der Waals surface area (Å²) in [6, 6.07) is 58.3. The van der Waals surface area contributed by atoms with Crippen LogP contribution < -0.4 is 0 Å². The van der Waals surface area contributed by atoms with Crippen LogP contribution in [0.25, 0.3) is 65.7 Å². The first kappa shape index (κ1) is 27.5. The van der Waals surface area contributed by atoms with Crippen molar-refractivity contribution in [1.82, 2.24) is 9.97 Å². The van der Waals surface area contributed by atoms with E-state index in [4.69, 9.17) is 9.97 Å². The monoisotopic (exact) mass is 621 g/mol. The summed E-state index contributed by atoms with van der Waals surface area (Å²) in [6.07, 6.45) is 1.86. The molecule has 7 aromatic carbocycles. The van der Waals surface area contributed by atoms with Gasteiger partial charge in [0.25, 0.3) is 0 Å². The molecule has 0 spiro atoms. The molecule has 2 aromatic heterocycles. The summed E-state index contributed by atoms with van der Waals surface area (Å²) in [4.78, 5) is 10.2. The lowest BCUT2D eigenvalue weighted by atomic mass is 9.67. The molecule has 49 heavy (non-hydrogen) atoms. The zero-order valence-corrected chi connectivity index (χ0v) is 26.4. The molecule has 10 rings (SSSR count). The molecule has 0 saturated heterocycles. The number of aromatic nitrogens is 2. The van der Waals surface area contributed by atoms with Crippen LogP contribution in [0.3, 0.4) is 0 Å². The summed E-state index contributed by atoms with van der Waals surface area (Å²) in [5.41, 5.74) is 12.1. The fourth-order valence-electron chi connectivity index (χ4n) is 8.23. The number of pyridine rings is 2. The molecule has 3 nitrogen and oxygen atoms in total. The number of nitriles is 1. The number of benzene rings is 7. The fraction of sp³-hybridized carbons (Fsp3) is 0.0217. The fourth-order valence-corrected chi connectivity index (χ4v) is 8.23. The predicted octanol–water partition coefficient (Wildman–Crippen LogP) is 11.0. The Kier molecular flexibility index (Phi) is 5.85. The van der Waals surface area contributed by atoms with E-state index in [1.54, 1.807) is 0 Å². The van der Waals surface area contributed by atoms with Gasteiger partial charge in [-0.15, -0.1) is 0 Å². The molecule has 0 atom stereocenters. The highest BCUT2D eigenvalue weighted by molar-refractivity contribution is 6.15. The maximum absolute atomic E-state index is 10.0. The van der Waals surface area contributed by atoms with E-state index in [-0.39, 0.29) is 0 Å². The van der Waals surface area contributed by atoms with Crippen LogP contribution in [0.1, 0.15) is 27.8 Å². The molecular weight excluding hydrogens is 595 g/mol. The predicted molar refractivity (Wildman–Crippen MR) is 200 cm³/mol. The van der Waals surface area contributed by atoms with Crippen LogP contribution in [-0.4, -0.2) is 9.97 Å². The van der Waals surface area contributed by atoms with Gasteiger partial charge in [-0.3, -0.25) is 4.98 Å². The zero-order valence-electron chi connectivity index (χ0n) is 26.4. The van der Waals surface area contributed by atoms with E-state index in [0.29, 0.717) is 5.56 Å².